The molecule has 2 nitrogen and oxygen atoms in total. The van der Waals surface area contributed by atoms with E-state index in [0.29, 0.717) is 11.8 Å². The fraction of sp³-hybridized carbons (Fsp3) is 0.700. The molecule has 0 spiro atoms. The third kappa shape index (κ3) is 4.39. The van der Waals surface area contributed by atoms with Crippen LogP contribution in [0.15, 0.2) is 18.2 Å². The Balaban J connectivity index is 2.34. The summed E-state index contributed by atoms with van der Waals surface area (Å²) in [5.41, 5.74) is 3.37. The average Bonchev–Trinajstić information content (AvgIpc) is 2.56. The number of hydrogen-bond donors (Lipinski definition) is 0. The Labute approximate surface area is 143 Å². The minimum atomic E-state index is -0.288. The summed E-state index contributed by atoms with van der Waals surface area (Å²) in [6, 6.07) is 6.90. The number of benzene rings is 1. The highest BCUT2D eigenvalue weighted by molar-refractivity contribution is 6.62. The van der Waals surface area contributed by atoms with Gasteiger partial charge in [0.05, 0.1) is 11.2 Å². The smallest absolute Gasteiger partial charge is 0.399 e. The van der Waals surface area contributed by atoms with Crippen molar-refractivity contribution >= 4 is 12.6 Å². The van der Waals surface area contributed by atoms with Gasteiger partial charge in [-0.2, -0.15) is 0 Å². The first kappa shape index (κ1) is 18.5. The highest BCUT2D eigenvalue weighted by Crippen LogP contribution is 2.36. The zero-order valence-corrected chi connectivity index (χ0v) is 16.2. The molecule has 0 aromatic heterocycles. The van der Waals surface area contributed by atoms with Gasteiger partial charge in [-0.05, 0) is 69.0 Å². The standard InChI is InChI=1S/C20H33BO2/c1-14(2)9-16-11-17(10-15(3)4)13-18(12-16)21-22-19(5,6)20(7,8)23-21/h11-15H,9-10H2,1-8H3. The first-order chi connectivity index (χ1) is 10.5. The van der Waals surface area contributed by atoms with E-state index >= 15 is 0 Å². The minimum absolute atomic E-state index is 0.266. The zero-order chi connectivity index (χ0) is 17.4. The Morgan fingerprint density at radius 1 is 0.783 bits per heavy atom. The maximum atomic E-state index is 6.25. The van der Waals surface area contributed by atoms with Crippen molar-refractivity contribution in [2.75, 3.05) is 0 Å². The molecule has 0 saturated carbocycles. The van der Waals surface area contributed by atoms with Crippen LogP contribution in [0.4, 0.5) is 0 Å². The van der Waals surface area contributed by atoms with E-state index in [2.05, 4.69) is 73.6 Å². The molecule has 128 valence electrons. The molecular formula is C20H33BO2. The first-order valence-corrected chi connectivity index (χ1v) is 8.98. The average molecular weight is 316 g/mol. The highest BCUT2D eigenvalue weighted by Gasteiger charge is 2.51. The molecule has 1 aromatic rings. The van der Waals surface area contributed by atoms with Gasteiger partial charge in [0.1, 0.15) is 0 Å². The fourth-order valence-corrected chi connectivity index (χ4v) is 3.09. The van der Waals surface area contributed by atoms with Crippen molar-refractivity contribution in [3.8, 4) is 0 Å². The summed E-state index contributed by atoms with van der Waals surface area (Å²) in [6.45, 7) is 17.5. The summed E-state index contributed by atoms with van der Waals surface area (Å²) < 4.78 is 12.5. The second-order valence-corrected chi connectivity index (χ2v) is 8.87. The van der Waals surface area contributed by atoms with Crippen LogP contribution >= 0.6 is 0 Å². The molecule has 1 aliphatic rings. The van der Waals surface area contributed by atoms with Crippen molar-refractivity contribution < 1.29 is 9.31 Å². The Bertz CT molecular complexity index is 502. The molecule has 1 fully saturated rings. The Hall–Kier alpha value is -0.795. The molecule has 0 amide bonds. The van der Waals surface area contributed by atoms with Gasteiger partial charge in [-0.25, -0.2) is 0 Å². The molecule has 0 atom stereocenters. The van der Waals surface area contributed by atoms with E-state index < -0.39 is 0 Å². The van der Waals surface area contributed by atoms with Crippen molar-refractivity contribution in [1.82, 2.24) is 0 Å². The molecule has 0 aliphatic carbocycles. The largest absolute Gasteiger partial charge is 0.494 e. The first-order valence-electron chi connectivity index (χ1n) is 8.98. The van der Waals surface area contributed by atoms with Gasteiger partial charge in [0.15, 0.2) is 0 Å². The third-order valence-electron chi connectivity index (χ3n) is 4.89. The van der Waals surface area contributed by atoms with E-state index in [0.717, 1.165) is 18.3 Å². The zero-order valence-electron chi connectivity index (χ0n) is 16.2. The van der Waals surface area contributed by atoms with Crippen LogP contribution < -0.4 is 5.46 Å². The lowest BCUT2D eigenvalue weighted by atomic mass is 9.76. The summed E-state index contributed by atoms with van der Waals surface area (Å²) in [7, 11) is -0.266. The maximum absolute atomic E-state index is 6.25. The van der Waals surface area contributed by atoms with Gasteiger partial charge in [0.25, 0.3) is 0 Å². The van der Waals surface area contributed by atoms with Crippen molar-refractivity contribution in [3.63, 3.8) is 0 Å². The molecule has 23 heavy (non-hydrogen) atoms. The van der Waals surface area contributed by atoms with Gasteiger partial charge in [-0.1, -0.05) is 45.9 Å². The van der Waals surface area contributed by atoms with Crippen LogP contribution in [0, 0.1) is 11.8 Å². The number of rotatable bonds is 5. The summed E-state index contributed by atoms with van der Waals surface area (Å²) in [5.74, 6) is 1.30. The molecule has 0 bridgehead atoms. The molecule has 0 N–H and O–H groups in total. The third-order valence-corrected chi connectivity index (χ3v) is 4.89. The molecule has 0 unspecified atom stereocenters. The highest BCUT2D eigenvalue weighted by atomic mass is 16.7. The monoisotopic (exact) mass is 316 g/mol. The van der Waals surface area contributed by atoms with Gasteiger partial charge in [0.2, 0.25) is 0 Å². The second kappa shape index (κ2) is 6.60. The van der Waals surface area contributed by atoms with Gasteiger partial charge in [-0.15, -0.1) is 0 Å². The van der Waals surface area contributed by atoms with Crippen LogP contribution in [0.25, 0.3) is 0 Å². The van der Waals surface area contributed by atoms with E-state index in [1.165, 1.54) is 11.1 Å². The van der Waals surface area contributed by atoms with Crippen LogP contribution in [-0.2, 0) is 22.2 Å². The summed E-state index contributed by atoms with van der Waals surface area (Å²) in [5, 5.41) is 0. The fourth-order valence-electron chi connectivity index (χ4n) is 3.09. The molecular weight excluding hydrogens is 283 g/mol. The molecule has 2 rings (SSSR count). The predicted molar refractivity (Wildman–Crippen MR) is 99.2 cm³/mol. The minimum Gasteiger partial charge on any atom is -0.399 e. The molecule has 1 heterocycles. The van der Waals surface area contributed by atoms with E-state index in [1.54, 1.807) is 0 Å². The van der Waals surface area contributed by atoms with Crippen LogP contribution in [0.2, 0.25) is 0 Å². The predicted octanol–water partition coefficient (Wildman–Crippen LogP) is 4.38. The second-order valence-electron chi connectivity index (χ2n) is 8.87. The maximum Gasteiger partial charge on any atom is 0.494 e. The summed E-state index contributed by atoms with van der Waals surface area (Å²) in [4.78, 5) is 0. The van der Waals surface area contributed by atoms with Gasteiger partial charge in [0, 0.05) is 0 Å². The molecule has 0 radical (unpaired) electrons. The van der Waals surface area contributed by atoms with Crippen molar-refractivity contribution in [1.29, 1.82) is 0 Å². The van der Waals surface area contributed by atoms with E-state index in [9.17, 15) is 0 Å². The van der Waals surface area contributed by atoms with Gasteiger partial charge >= 0.3 is 7.12 Å². The number of hydrogen-bond acceptors (Lipinski definition) is 2. The van der Waals surface area contributed by atoms with Crippen LogP contribution in [0.3, 0.4) is 0 Å². The van der Waals surface area contributed by atoms with Crippen LogP contribution in [-0.4, -0.2) is 18.3 Å². The molecule has 1 saturated heterocycles. The lowest BCUT2D eigenvalue weighted by molar-refractivity contribution is 0.00578. The lowest BCUT2D eigenvalue weighted by Crippen LogP contribution is -2.41. The van der Waals surface area contributed by atoms with E-state index in [1.807, 2.05) is 0 Å². The molecule has 1 aliphatic heterocycles. The Morgan fingerprint density at radius 3 is 1.52 bits per heavy atom. The van der Waals surface area contributed by atoms with Crippen LogP contribution in [0.5, 0.6) is 0 Å². The quantitative estimate of drug-likeness (QED) is 0.750. The van der Waals surface area contributed by atoms with Crippen molar-refractivity contribution in [2.24, 2.45) is 11.8 Å². The SMILES string of the molecule is CC(C)Cc1cc(CC(C)C)cc(B2OC(C)(C)C(C)(C)O2)c1. The topological polar surface area (TPSA) is 18.5 Å². The van der Waals surface area contributed by atoms with Crippen LogP contribution in [0.1, 0.15) is 66.5 Å². The van der Waals surface area contributed by atoms with Gasteiger partial charge in [-0.3, -0.25) is 0 Å². The molecule has 3 heteroatoms. The van der Waals surface area contributed by atoms with E-state index in [-0.39, 0.29) is 18.3 Å². The van der Waals surface area contributed by atoms with Gasteiger partial charge < -0.3 is 9.31 Å². The van der Waals surface area contributed by atoms with Crippen molar-refractivity contribution in [3.05, 3.63) is 29.3 Å². The van der Waals surface area contributed by atoms with E-state index in [4.69, 9.17) is 9.31 Å². The summed E-state index contributed by atoms with van der Waals surface area (Å²) in [6.07, 6.45) is 2.19. The normalized spacial score (nSPS) is 19.8. The summed E-state index contributed by atoms with van der Waals surface area (Å²) >= 11 is 0. The van der Waals surface area contributed by atoms with Crippen molar-refractivity contribution in [2.45, 2.75) is 79.4 Å². The Kier molecular flexibility index (Phi) is 5.32. The molecule has 1 aromatic carbocycles. The lowest BCUT2D eigenvalue weighted by Gasteiger charge is -2.32. The Morgan fingerprint density at radius 2 is 1.17 bits per heavy atom.